The van der Waals surface area contributed by atoms with Gasteiger partial charge in [-0.1, -0.05) is 0 Å². The van der Waals surface area contributed by atoms with Crippen LogP contribution in [0.5, 0.6) is 0 Å². The Labute approximate surface area is 123 Å². The lowest BCUT2D eigenvalue weighted by Crippen LogP contribution is -2.31. The number of aromatic nitrogens is 3. The molecular weight excluding hydrogens is 268 g/mol. The number of aryl methyl sites for hydroxylation is 1. The van der Waals surface area contributed by atoms with Gasteiger partial charge in [-0.2, -0.15) is 5.10 Å². The van der Waals surface area contributed by atoms with Crippen molar-refractivity contribution in [2.24, 2.45) is 0 Å². The minimum atomic E-state index is -0.0862. The monoisotopic (exact) mass is 288 g/mol. The lowest BCUT2D eigenvalue weighted by Gasteiger charge is -2.08. The Bertz CT molecular complexity index is 680. The smallest absolute Gasteiger partial charge is 0.239 e. The van der Waals surface area contributed by atoms with E-state index >= 15 is 0 Å². The molecule has 0 spiro atoms. The molecule has 2 rings (SSSR count). The molecule has 0 aliphatic carbocycles. The summed E-state index contributed by atoms with van der Waals surface area (Å²) < 4.78 is 3.58. The number of nitrogens with zero attached hydrogens (tertiary/aromatic N) is 3. The number of carbonyl (C=O) groups is 1. The van der Waals surface area contributed by atoms with E-state index in [2.05, 4.69) is 10.4 Å². The van der Waals surface area contributed by atoms with Crippen molar-refractivity contribution in [3.63, 3.8) is 0 Å². The van der Waals surface area contributed by atoms with Gasteiger partial charge in [-0.25, -0.2) is 0 Å². The van der Waals surface area contributed by atoms with E-state index in [-0.39, 0.29) is 17.9 Å². The second kappa shape index (κ2) is 6.39. The summed E-state index contributed by atoms with van der Waals surface area (Å²) in [7, 11) is 0. The molecule has 0 unspecified atom stereocenters. The second-order valence-electron chi connectivity index (χ2n) is 5.08. The van der Waals surface area contributed by atoms with Gasteiger partial charge in [-0.15, -0.1) is 0 Å². The van der Waals surface area contributed by atoms with Crippen molar-refractivity contribution in [3.8, 4) is 0 Å². The summed E-state index contributed by atoms with van der Waals surface area (Å²) in [4.78, 5) is 22.8. The highest BCUT2D eigenvalue weighted by atomic mass is 16.2. The van der Waals surface area contributed by atoms with Gasteiger partial charge in [0, 0.05) is 36.8 Å². The minimum absolute atomic E-state index is 0.0634. The van der Waals surface area contributed by atoms with E-state index in [0.717, 1.165) is 11.4 Å². The maximum atomic E-state index is 11.8. The summed E-state index contributed by atoms with van der Waals surface area (Å²) in [5.41, 5.74) is 3.27. The van der Waals surface area contributed by atoms with Gasteiger partial charge in [0.2, 0.25) is 5.91 Å². The molecule has 0 aromatic carbocycles. The van der Waals surface area contributed by atoms with Crippen LogP contribution in [0.25, 0.3) is 0 Å². The summed E-state index contributed by atoms with van der Waals surface area (Å²) in [6, 6.07) is 2.87. The van der Waals surface area contributed by atoms with Crippen LogP contribution in [-0.2, 0) is 17.9 Å². The quantitative estimate of drug-likeness (QED) is 0.884. The molecule has 0 bridgehead atoms. The first-order chi connectivity index (χ1) is 9.97. The third-order valence-electron chi connectivity index (χ3n) is 3.58. The molecule has 0 fully saturated rings. The fourth-order valence-corrected chi connectivity index (χ4v) is 2.08. The van der Waals surface area contributed by atoms with Crippen molar-refractivity contribution in [3.05, 3.63) is 51.7 Å². The molecular formula is C15H20N4O2. The fraction of sp³-hybridized carbons (Fsp3) is 0.400. The zero-order chi connectivity index (χ0) is 15.4. The van der Waals surface area contributed by atoms with Gasteiger partial charge >= 0.3 is 0 Å². The van der Waals surface area contributed by atoms with E-state index in [4.69, 9.17) is 0 Å². The maximum Gasteiger partial charge on any atom is 0.239 e. The summed E-state index contributed by atoms with van der Waals surface area (Å²) in [5.74, 6) is -0.0862. The molecule has 0 radical (unpaired) electrons. The summed E-state index contributed by atoms with van der Waals surface area (Å²) in [5, 5.41) is 7.28. The van der Waals surface area contributed by atoms with E-state index in [9.17, 15) is 9.59 Å². The Balaban J connectivity index is 1.83. The number of hydrogen-bond acceptors (Lipinski definition) is 3. The van der Waals surface area contributed by atoms with E-state index < -0.39 is 0 Å². The second-order valence-corrected chi connectivity index (χ2v) is 5.08. The molecule has 1 amide bonds. The lowest BCUT2D eigenvalue weighted by molar-refractivity contribution is -0.121. The van der Waals surface area contributed by atoms with Crippen molar-refractivity contribution in [2.45, 2.75) is 33.9 Å². The van der Waals surface area contributed by atoms with Crippen molar-refractivity contribution < 1.29 is 4.79 Å². The summed E-state index contributed by atoms with van der Waals surface area (Å²) >= 11 is 0. The van der Waals surface area contributed by atoms with Crippen LogP contribution < -0.4 is 10.7 Å². The Morgan fingerprint density at radius 3 is 2.48 bits per heavy atom. The Morgan fingerprint density at radius 2 is 1.90 bits per heavy atom. The first-order valence-corrected chi connectivity index (χ1v) is 6.91. The number of rotatable bonds is 5. The molecule has 2 heterocycles. The molecule has 0 saturated heterocycles. The van der Waals surface area contributed by atoms with Crippen molar-refractivity contribution in [1.29, 1.82) is 0 Å². The van der Waals surface area contributed by atoms with E-state index in [1.54, 1.807) is 17.0 Å². The number of carbonyl (C=O) groups excluding carboxylic acids is 1. The van der Waals surface area contributed by atoms with Gasteiger partial charge in [0.15, 0.2) is 5.43 Å². The highest BCUT2D eigenvalue weighted by Gasteiger charge is 2.07. The zero-order valence-corrected chi connectivity index (χ0v) is 12.6. The topological polar surface area (TPSA) is 68.9 Å². The Morgan fingerprint density at radius 1 is 1.24 bits per heavy atom. The minimum Gasteiger partial charge on any atom is -0.353 e. The molecule has 2 aromatic heterocycles. The Kier molecular flexibility index (Phi) is 4.57. The first-order valence-electron chi connectivity index (χ1n) is 6.91. The van der Waals surface area contributed by atoms with Gasteiger partial charge < -0.3 is 9.88 Å². The van der Waals surface area contributed by atoms with Crippen LogP contribution in [0.3, 0.4) is 0 Å². The zero-order valence-electron chi connectivity index (χ0n) is 12.6. The fourth-order valence-electron chi connectivity index (χ4n) is 2.08. The van der Waals surface area contributed by atoms with Gasteiger partial charge in [0.1, 0.15) is 6.54 Å². The molecule has 2 aromatic rings. The van der Waals surface area contributed by atoms with Crippen LogP contribution in [0.15, 0.2) is 29.3 Å². The maximum absolute atomic E-state index is 11.8. The molecule has 6 nitrogen and oxygen atoms in total. The van der Waals surface area contributed by atoms with Gasteiger partial charge in [-0.3, -0.25) is 14.3 Å². The van der Waals surface area contributed by atoms with Gasteiger partial charge in [-0.05, 0) is 26.3 Å². The van der Waals surface area contributed by atoms with Crippen molar-refractivity contribution in [1.82, 2.24) is 19.7 Å². The number of nitrogens with one attached hydrogen (secondary N) is 1. The predicted octanol–water partition coefficient (Wildman–Crippen LogP) is 0.786. The molecule has 1 N–H and O–H groups in total. The first kappa shape index (κ1) is 15.0. The van der Waals surface area contributed by atoms with Crippen LogP contribution in [0.2, 0.25) is 0 Å². The number of hydrogen-bond donors (Lipinski definition) is 1. The van der Waals surface area contributed by atoms with E-state index in [1.807, 2.05) is 25.5 Å². The van der Waals surface area contributed by atoms with Gasteiger partial charge in [0.05, 0.1) is 12.2 Å². The highest BCUT2D eigenvalue weighted by Crippen LogP contribution is 2.10. The third-order valence-corrected chi connectivity index (χ3v) is 3.58. The van der Waals surface area contributed by atoms with Crippen molar-refractivity contribution >= 4 is 5.91 Å². The van der Waals surface area contributed by atoms with Crippen LogP contribution >= 0.6 is 0 Å². The third kappa shape index (κ3) is 3.81. The molecule has 0 saturated carbocycles. The van der Waals surface area contributed by atoms with E-state index in [1.165, 1.54) is 17.7 Å². The van der Waals surface area contributed by atoms with Crippen LogP contribution in [0.1, 0.15) is 17.0 Å². The summed E-state index contributed by atoms with van der Waals surface area (Å²) in [6.45, 7) is 7.43. The van der Waals surface area contributed by atoms with Crippen LogP contribution in [0, 0.1) is 20.8 Å². The van der Waals surface area contributed by atoms with Crippen molar-refractivity contribution in [2.75, 3.05) is 6.54 Å². The van der Waals surface area contributed by atoms with E-state index in [0.29, 0.717) is 13.1 Å². The average molecular weight is 288 g/mol. The number of pyridine rings is 1. The standard InChI is InChI=1S/C15H20N4O2/c1-11-12(2)17-19(13(11)3)9-6-16-15(21)10-18-7-4-14(20)5-8-18/h4-5,7-8H,6,9-10H2,1-3H3,(H,16,21). The predicted molar refractivity (Wildman–Crippen MR) is 80.1 cm³/mol. The highest BCUT2D eigenvalue weighted by molar-refractivity contribution is 5.75. The molecule has 112 valence electrons. The lowest BCUT2D eigenvalue weighted by atomic mass is 10.2. The van der Waals surface area contributed by atoms with Crippen LogP contribution in [0.4, 0.5) is 0 Å². The molecule has 0 aliphatic heterocycles. The molecule has 0 atom stereocenters. The molecule has 21 heavy (non-hydrogen) atoms. The molecule has 6 heteroatoms. The SMILES string of the molecule is Cc1nn(CCNC(=O)Cn2ccc(=O)cc2)c(C)c1C. The Hall–Kier alpha value is -2.37. The molecule has 0 aliphatic rings. The number of amides is 1. The normalized spacial score (nSPS) is 10.6. The summed E-state index contributed by atoms with van der Waals surface area (Å²) in [6.07, 6.45) is 3.21. The van der Waals surface area contributed by atoms with Crippen LogP contribution in [-0.4, -0.2) is 26.8 Å². The average Bonchev–Trinajstić information content (AvgIpc) is 2.69. The van der Waals surface area contributed by atoms with Gasteiger partial charge in [0.25, 0.3) is 0 Å². The largest absolute Gasteiger partial charge is 0.353 e.